The summed E-state index contributed by atoms with van der Waals surface area (Å²) in [6.45, 7) is 0. The number of aromatic hydroxyl groups is 1. The molecule has 0 spiro atoms. The minimum atomic E-state index is 0.202. The second kappa shape index (κ2) is 7.56. The highest BCUT2D eigenvalue weighted by Gasteiger charge is 2.16. The lowest BCUT2D eigenvalue weighted by Gasteiger charge is -2.09. The number of nitriles is 1. The maximum Gasteiger partial charge on any atom is 0.226 e. The first-order chi connectivity index (χ1) is 15.6. The second-order valence-corrected chi connectivity index (χ2v) is 7.24. The molecule has 0 saturated carbocycles. The third-order valence-corrected chi connectivity index (χ3v) is 5.42. The van der Waals surface area contributed by atoms with Crippen LogP contribution >= 0.6 is 0 Å². The zero-order chi connectivity index (χ0) is 22.2. The fourth-order valence-corrected chi connectivity index (χ4v) is 3.91. The molecule has 0 amide bonds. The summed E-state index contributed by atoms with van der Waals surface area (Å²) in [6.07, 6.45) is 5.35. The molecule has 156 valence electrons. The van der Waals surface area contributed by atoms with Crippen molar-refractivity contribution < 1.29 is 9.84 Å². The van der Waals surface area contributed by atoms with Gasteiger partial charge in [0.15, 0.2) is 0 Å². The molecule has 1 N–H and O–H groups in total. The number of aromatic nitrogens is 4. The Morgan fingerprint density at radius 2 is 1.88 bits per heavy atom. The van der Waals surface area contributed by atoms with Crippen LogP contribution in [0.2, 0.25) is 0 Å². The van der Waals surface area contributed by atoms with Gasteiger partial charge < -0.3 is 14.4 Å². The molecule has 0 unspecified atom stereocenters. The zero-order valence-corrected chi connectivity index (χ0v) is 17.4. The van der Waals surface area contributed by atoms with E-state index < -0.39 is 0 Å². The molecule has 3 aromatic heterocycles. The van der Waals surface area contributed by atoms with Gasteiger partial charge in [0.2, 0.25) is 17.7 Å². The Bertz CT molecular complexity index is 1590. The fraction of sp³-hybridized carbons (Fsp3) is 0.0833. The number of nitrogens with zero attached hydrogens (tertiary/aromatic N) is 6. The van der Waals surface area contributed by atoms with Crippen LogP contribution in [0.15, 0.2) is 72.0 Å². The van der Waals surface area contributed by atoms with Crippen LogP contribution in [-0.4, -0.2) is 31.3 Å². The Kier molecular flexibility index (Phi) is 4.57. The average Bonchev–Trinajstić information content (AvgIpc) is 3.11. The number of ether oxygens (including phenoxy) is 1. The third-order valence-electron chi connectivity index (χ3n) is 5.42. The van der Waals surface area contributed by atoms with E-state index in [4.69, 9.17) is 4.74 Å². The minimum Gasteiger partial charge on any atom is -0.508 e. The summed E-state index contributed by atoms with van der Waals surface area (Å²) in [5.41, 5.74) is 5.47. The van der Waals surface area contributed by atoms with Crippen molar-refractivity contribution in [3.63, 3.8) is 0 Å². The van der Waals surface area contributed by atoms with Gasteiger partial charge in [-0.25, -0.2) is 4.98 Å². The van der Waals surface area contributed by atoms with Crippen LogP contribution in [0.25, 0.3) is 38.8 Å². The Balaban J connectivity index is 1.89. The van der Waals surface area contributed by atoms with E-state index in [-0.39, 0.29) is 5.75 Å². The van der Waals surface area contributed by atoms with Crippen molar-refractivity contribution in [2.75, 3.05) is 7.11 Å². The van der Waals surface area contributed by atoms with Crippen LogP contribution in [0.5, 0.6) is 11.6 Å². The lowest BCUT2D eigenvalue weighted by molar-refractivity contribution is 0.398. The molecule has 3 heterocycles. The Morgan fingerprint density at radius 1 is 1.03 bits per heavy atom. The van der Waals surface area contributed by atoms with E-state index in [9.17, 15) is 10.4 Å². The van der Waals surface area contributed by atoms with Crippen molar-refractivity contribution >= 4 is 21.9 Å². The van der Waals surface area contributed by atoms with Crippen LogP contribution in [-0.2, 0) is 7.05 Å². The summed E-state index contributed by atoms with van der Waals surface area (Å²) in [7, 11) is 3.41. The number of hydrogen-bond acceptors (Lipinski definition) is 6. The van der Waals surface area contributed by atoms with Crippen LogP contribution in [0.3, 0.4) is 0 Å². The summed E-state index contributed by atoms with van der Waals surface area (Å²) in [5, 5.41) is 20.1. The normalized spacial score (nSPS) is 11.7. The first-order valence-corrected chi connectivity index (χ1v) is 9.83. The molecule has 0 fully saturated rings. The van der Waals surface area contributed by atoms with Gasteiger partial charge in [-0.2, -0.15) is 5.26 Å². The van der Waals surface area contributed by atoms with Crippen molar-refractivity contribution in [3.05, 3.63) is 72.6 Å². The Hall–Kier alpha value is -4.64. The summed E-state index contributed by atoms with van der Waals surface area (Å²) in [4.78, 5) is 13.0. The first-order valence-electron chi connectivity index (χ1n) is 9.83. The van der Waals surface area contributed by atoms with Gasteiger partial charge in [-0.1, -0.05) is 18.2 Å². The lowest BCUT2D eigenvalue weighted by Crippen LogP contribution is -2.22. The van der Waals surface area contributed by atoms with E-state index in [1.807, 2.05) is 58.8 Å². The summed E-state index contributed by atoms with van der Waals surface area (Å²) >= 11 is 0. The molecule has 32 heavy (non-hydrogen) atoms. The van der Waals surface area contributed by atoms with Crippen molar-refractivity contribution in [1.29, 1.82) is 5.26 Å². The molecule has 5 rings (SSSR count). The van der Waals surface area contributed by atoms with Gasteiger partial charge in [0.1, 0.15) is 5.75 Å². The number of aryl methyl sites for hydroxylation is 1. The Morgan fingerprint density at radius 3 is 2.59 bits per heavy atom. The monoisotopic (exact) mass is 422 g/mol. The molecule has 8 nitrogen and oxygen atoms in total. The fourth-order valence-electron chi connectivity index (χ4n) is 3.91. The molecule has 8 heteroatoms. The second-order valence-electron chi connectivity index (χ2n) is 7.24. The highest BCUT2D eigenvalue weighted by molar-refractivity contribution is 6.04. The van der Waals surface area contributed by atoms with Gasteiger partial charge in [0.05, 0.1) is 41.7 Å². The molecule has 0 saturated heterocycles. The number of benzene rings is 2. The maximum absolute atomic E-state index is 9.91. The van der Waals surface area contributed by atoms with Crippen LogP contribution in [0.1, 0.15) is 0 Å². The van der Waals surface area contributed by atoms with Gasteiger partial charge >= 0.3 is 0 Å². The SMILES string of the molecule is COc1ccc(-n2c(=NC#N)n(C)c3cnc4ccc(-c5cccc(O)c5)cc4c32)cn1. The minimum absolute atomic E-state index is 0.202. The van der Waals surface area contributed by atoms with Gasteiger partial charge in [0.25, 0.3) is 0 Å². The van der Waals surface area contributed by atoms with Gasteiger partial charge in [-0.3, -0.25) is 9.55 Å². The van der Waals surface area contributed by atoms with Gasteiger partial charge in [0, 0.05) is 18.5 Å². The number of pyridine rings is 2. The largest absolute Gasteiger partial charge is 0.508 e. The number of phenolic OH excluding ortho intramolecular Hbond substituents is 1. The topological polar surface area (TPSA) is 101 Å². The predicted octanol–water partition coefficient (Wildman–Crippen LogP) is 3.68. The molecule has 0 aliphatic carbocycles. The molecule has 0 aliphatic rings. The third kappa shape index (κ3) is 3.04. The van der Waals surface area contributed by atoms with Crippen LogP contribution in [0, 0.1) is 11.5 Å². The summed E-state index contributed by atoms with van der Waals surface area (Å²) < 4.78 is 8.91. The highest BCUT2D eigenvalue weighted by Crippen LogP contribution is 2.31. The quantitative estimate of drug-likeness (QED) is 0.447. The molecular formula is C24H18N6O2. The van der Waals surface area contributed by atoms with E-state index in [0.717, 1.165) is 38.8 Å². The molecule has 0 radical (unpaired) electrons. The molecule has 5 aromatic rings. The lowest BCUT2D eigenvalue weighted by atomic mass is 10.0. The smallest absolute Gasteiger partial charge is 0.226 e. The predicted molar refractivity (Wildman–Crippen MR) is 120 cm³/mol. The molecule has 0 aliphatic heterocycles. The molecule has 0 bridgehead atoms. The zero-order valence-electron chi connectivity index (χ0n) is 17.4. The van der Waals surface area contributed by atoms with Gasteiger partial charge in [-0.15, -0.1) is 4.99 Å². The van der Waals surface area contributed by atoms with Gasteiger partial charge in [-0.05, 0) is 41.5 Å². The van der Waals surface area contributed by atoms with E-state index in [0.29, 0.717) is 11.5 Å². The van der Waals surface area contributed by atoms with Crippen LogP contribution in [0.4, 0.5) is 0 Å². The van der Waals surface area contributed by atoms with Crippen molar-refractivity contribution in [1.82, 2.24) is 19.1 Å². The van der Waals surface area contributed by atoms with E-state index in [1.165, 1.54) is 0 Å². The summed E-state index contributed by atoms with van der Waals surface area (Å²) in [5.74, 6) is 0.694. The number of methoxy groups -OCH3 is 1. The number of phenols is 1. The van der Waals surface area contributed by atoms with E-state index in [1.54, 1.807) is 37.7 Å². The van der Waals surface area contributed by atoms with Crippen molar-refractivity contribution in [2.24, 2.45) is 12.0 Å². The number of fused-ring (bicyclic) bond motifs is 3. The standard InChI is InChI=1S/C24H18N6O2/c1-29-21-13-26-20-8-6-16(15-4-3-5-18(31)10-15)11-19(20)23(21)30(24(29)28-14-25)17-7-9-22(32-2)27-12-17/h3-13,31H,1-2H3. The summed E-state index contributed by atoms with van der Waals surface area (Å²) in [6, 6.07) is 16.7. The van der Waals surface area contributed by atoms with E-state index in [2.05, 4.69) is 15.0 Å². The maximum atomic E-state index is 9.91. The number of imidazole rings is 1. The number of hydrogen-bond donors (Lipinski definition) is 1. The van der Waals surface area contributed by atoms with Crippen molar-refractivity contribution in [3.8, 4) is 34.6 Å². The van der Waals surface area contributed by atoms with E-state index >= 15 is 0 Å². The molecule has 2 aromatic carbocycles. The molecule has 0 atom stereocenters. The Labute approximate surface area is 182 Å². The first kappa shape index (κ1) is 19.3. The molecular weight excluding hydrogens is 404 g/mol. The van der Waals surface area contributed by atoms with Crippen LogP contribution < -0.4 is 10.4 Å². The van der Waals surface area contributed by atoms with Crippen molar-refractivity contribution in [2.45, 2.75) is 0 Å². The highest BCUT2D eigenvalue weighted by atomic mass is 16.5. The number of rotatable bonds is 3. The average molecular weight is 422 g/mol.